The van der Waals surface area contributed by atoms with E-state index in [9.17, 15) is 4.79 Å². The van der Waals surface area contributed by atoms with Crippen LogP contribution in [-0.4, -0.2) is 56.1 Å². The number of benzene rings is 3. The summed E-state index contributed by atoms with van der Waals surface area (Å²) in [5.41, 5.74) is 1.10. The lowest BCUT2D eigenvalue weighted by atomic mass is 10.1. The third-order valence-corrected chi connectivity index (χ3v) is 8.54. The molecule has 0 saturated heterocycles. The van der Waals surface area contributed by atoms with Crippen LogP contribution in [0.15, 0.2) is 54.6 Å². The van der Waals surface area contributed by atoms with Crippen LogP contribution in [-0.2, 0) is 6.54 Å². The Hall–Kier alpha value is -2.80. The first kappa shape index (κ1) is 27.2. The van der Waals surface area contributed by atoms with Gasteiger partial charge in [-0.25, -0.2) is 0 Å². The maximum Gasteiger partial charge on any atom is 0.265 e. The van der Waals surface area contributed by atoms with Crippen LogP contribution in [0.2, 0.25) is 5.02 Å². The molecule has 1 amide bonds. The minimum atomic E-state index is -0.0636. The number of hydrogen-bond donors (Lipinski definition) is 0. The number of methoxy groups -OCH3 is 2. The molecule has 0 aliphatic rings. The highest BCUT2D eigenvalue weighted by Crippen LogP contribution is 2.45. The van der Waals surface area contributed by atoms with Gasteiger partial charge in [0.15, 0.2) is 0 Å². The Balaban J connectivity index is 1.65. The molecular formula is C30H35ClN2O3S. The second-order valence-electron chi connectivity index (χ2n) is 9.06. The highest BCUT2D eigenvalue weighted by molar-refractivity contribution is 7.22. The number of carbonyl (C=O) groups excluding carboxylic acids is 1. The lowest BCUT2D eigenvalue weighted by Crippen LogP contribution is -2.32. The van der Waals surface area contributed by atoms with Gasteiger partial charge < -0.3 is 19.3 Å². The summed E-state index contributed by atoms with van der Waals surface area (Å²) in [6, 6.07) is 18.4. The fourth-order valence-electron chi connectivity index (χ4n) is 4.71. The van der Waals surface area contributed by atoms with Crippen molar-refractivity contribution >= 4 is 49.7 Å². The normalized spacial score (nSPS) is 11.4. The molecule has 0 unspecified atom stereocenters. The van der Waals surface area contributed by atoms with Gasteiger partial charge in [-0.2, -0.15) is 0 Å². The number of fused-ring (bicyclic) bond motifs is 2. The van der Waals surface area contributed by atoms with Crippen LogP contribution >= 0.6 is 22.9 Å². The van der Waals surface area contributed by atoms with E-state index in [2.05, 4.69) is 49.1 Å². The van der Waals surface area contributed by atoms with Gasteiger partial charge in [0.05, 0.1) is 29.3 Å². The van der Waals surface area contributed by atoms with E-state index in [0.717, 1.165) is 48.1 Å². The maximum absolute atomic E-state index is 14.0. The van der Waals surface area contributed by atoms with Crippen LogP contribution in [0.25, 0.3) is 20.9 Å². The molecule has 196 valence electrons. The molecular weight excluding hydrogens is 504 g/mol. The zero-order valence-electron chi connectivity index (χ0n) is 22.1. The van der Waals surface area contributed by atoms with Crippen LogP contribution in [0.4, 0.5) is 0 Å². The molecule has 37 heavy (non-hydrogen) atoms. The maximum atomic E-state index is 14.0. The number of amides is 1. The summed E-state index contributed by atoms with van der Waals surface area (Å²) in [7, 11) is 3.23. The number of carbonyl (C=O) groups is 1. The number of rotatable bonds is 12. The summed E-state index contributed by atoms with van der Waals surface area (Å²) in [4.78, 5) is 18.9. The molecule has 0 aliphatic carbocycles. The Morgan fingerprint density at radius 3 is 2.27 bits per heavy atom. The number of halogens is 1. The number of thiophene rings is 1. The van der Waals surface area contributed by atoms with Gasteiger partial charge in [0.2, 0.25) is 0 Å². The number of ether oxygens (including phenoxy) is 2. The molecule has 0 atom stereocenters. The van der Waals surface area contributed by atoms with Crippen LogP contribution in [0.3, 0.4) is 0 Å². The molecule has 0 aliphatic heterocycles. The molecule has 4 rings (SSSR count). The Kier molecular flexibility index (Phi) is 9.30. The molecule has 1 heterocycles. The third kappa shape index (κ3) is 6.03. The molecule has 7 heteroatoms. The smallest absolute Gasteiger partial charge is 0.265 e. The average molecular weight is 539 g/mol. The van der Waals surface area contributed by atoms with E-state index >= 15 is 0 Å². The van der Waals surface area contributed by atoms with E-state index in [4.69, 9.17) is 21.1 Å². The Labute approximate surface area is 228 Å². The summed E-state index contributed by atoms with van der Waals surface area (Å²) in [6.45, 7) is 8.66. The van der Waals surface area contributed by atoms with E-state index in [-0.39, 0.29) is 5.91 Å². The van der Waals surface area contributed by atoms with Crippen molar-refractivity contribution in [2.75, 3.05) is 40.4 Å². The van der Waals surface area contributed by atoms with E-state index in [1.54, 1.807) is 14.2 Å². The van der Waals surface area contributed by atoms with Gasteiger partial charge >= 0.3 is 0 Å². The predicted molar refractivity (Wildman–Crippen MR) is 156 cm³/mol. The molecule has 0 bridgehead atoms. The monoisotopic (exact) mass is 538 g/mol. The zero-order chi connectivity index (χ0) is 26.4. The van der Waals surface area contributed by atoms with E-state index in [1.165, 1.54) is 22.1 Å². The van der Waals surface area contributed by atoms with Crippen molar-refractivity contribution in [2.24, 2.45) is 0 Å². The highest BCUT2D eigenvalue weighted by Gasteiger charge is 2.26. The van der Waals surface area contributed by atoms with Gasteiger partial charge in [0, 0.05) is 13.1 Å². The summed E-state index contributed by atoms with van der Waals surface area (Å²) < 4.78 is 11.9. The Morgan fingerprint density at radius 1 is 0.892 bits per heavy atom. The quantitative estimate of drug-likeness (QED) is 0.175. The van der Waals surface area contributed by atoms with Crippen molar-refractivity contribution in [3.8, 4) is 11.5 Å². The minimum Gasteiger partial charge on any atom is -0.496 e. The first-order valence-electron chi connectivity index (χ1n) is 12.8. The van der Waals surface area contributed by atoms with Crippen molar-refractivity contribution < 1.29 is 14.3 Å². The lowest BCUT2D eigenvalue weighted by Gasteiger charge is -2.24. The first-order valence-corrected chi connectivity index (χ1v) is 14.0. The van der Waals surface area contributed by atoms with E-state index in [0.29, 0.717) is 34.5 Å². The zero-order valence-corrected chi connectivity index (χ0v) is 23.6. The van der Waals surface area contributed by atoms with Crippen molar-refractivity contribution in [3.63, 3.8) is 0 Å². The molecule has 0 saturated carbocycles. The van der Waals surface area contributed by atoms with Gasteiger partial charge in [-0.1, -0.05) is 61.8 Å². The van der Waals surface area contributed by atoms with Crippen LogP contribution in [0, 0.1) is 0 Å². The van der Waals surface area contributed by atoms with Crippen molar-refractivity contribution in [3.05, 3.63) is 70.1 Å². The topological polar surface area (TPSA) is 42.0 Å². The molecule has 0 fully saturated rings. The van der Waals surface area contributed by atoms with Gasteiger partial charge in [-0.3, -0.25) is 4.79 Å². The third-order valence-electron chi connectivity index (χ3n) is 6.86. The van der Waals surface area contributed by atoms with Gasteiger partial charge in [-0.05, 0) is 67.0 Å². The van der Waals surface area contributed by atoms with Gasteiger partial charge in [-0.15, -0.1) is 11.3 Å². The lowest BCUT2D eigenvalue weighted by molar-refractivity contribution is 0.0743. The second-order valence-corrected chi connectivity index (χ2v) is 10.5. The molecule has 0 spiro atoms. The van der Waals surface area contributed by atoms with Crippen molar-refractivity contribution in [1.82, 2.24) is 9.80 Å². The summed E-state index contributed by atoms with van der Waals surface area (Å²) >= 11 is 8.22. The largest absolute Gasteiger partial charge is 0.496 e. The number of nitrogens with zero attached hydrogens (tertiary/aromatic N) is 2. The summed E-state index contributed by atoms with van der Waals surface area (Å²) in [6.07, 6.45) is 1.95. The molecule has 5 nitrogen and oxygen atoms in total. The van der Waals surface area contributed by atoms with Gasteiger partial charge in [0.25, 0.3) is 5.91 Å². The molecule has 0 radical (unpaired) electrons. The SMILES string of the molecule is CCN(CC)CCCCN(Cc1ccc2ccccc2c1)C(=O)c1sc2c(OC)ccc(OC)c2c1Cl. The van der Waals surface area contributed by atoms with Crippen LogP contribution < -0.4 is 9.47 Å². The average Bonchev–Trinajstić information content (AvgIpc) is 3.28. The summed E-state index contributed by atoms with van der Waals surface area (Å²) in [5.74, 6) is 1.25. The van der Waals surface area contributed by atoms with E-state index < -0.39 is 0 Å². The number of unbranched alkanes of at least 4 members (excludes halogenated alkanes) is 1. The fraction of sp³-hybridized carbons (Fsp3) is 0.367. The molecule has 0 N–H and O–H groups in total. The standard InChI is InChI=1S/C30H35ClN2O3S/c1-5-32(6-2)17-9-10-18-33(20-21-13-14-22-11-7-8-12-23(22)19-21)30(34)29-27(31)26-24(35-3)15-16-25(36-4)28(26)37-29/h7-8,11-16,19H,5-6,9-10,17-18,20H2,1-4H3. The minimum absolute atomic E-state index is 0.0636. The predicted octanol–water partition coefficient (Wildman–Crippen LogP) is 7.49. The second kappa shape index (κ2) is 12.6. The van der Waals surface area contributed by atoms with Crippen molar-refractivity contribution in [2.45, 2.75) is 33.2 Å². The highest BCUT2D eigenvalue weighted by atomic mass is 35.5. The molecule has 1 aromatic heterocycles. The molecule has 4 aromatic rings. The Morgan fingerprint density at radius 2 is 1.57 bits per heavy atom. The van der Waals surface area contributed by atoms with Crippen molar-refractivity contribution in [1.29, 1.82) is 0 Å². The van der Waals surface area contributed by atoms with E-state index in [1.807, 2.05) is 29.2 Å². The molecule has 3 aromatic carbocycles. The van der Waals surface area contributed by atoms with Gasteiger partial charge in [0.1, 0.15) is 16.4 Å². The fourth-order valence-corrected chi connectivity index (χ4v) is 6.32. The van der Waals surface area contributed by atoms with Crippen LogP contribution in [0.5, 0.6) is 11.5 Å². The number of hydrogen-bond acceptors (Lipinski definition) is 5. The van der Waals surface area contributed by atoms with Crippen LogP contribution in [0.1, 0.15) is 41.9 Å². The first-order chi connectivity index (χ1) is 18.0. The summed E-state index contributed by atoms with van der Waals surface area (Å²) in [5, 5.41) is 3.51. The Bertz CT molecular complexity index is 1370.